The second kappa shape index (κ2) is 5.08. The topological polar surface area (TPSA) is 38.1 Å². The molecule has 17 heavy (non-hydrogen) atoms. The van der Waals surface area contributed by atoms with Crippen LogP contribution in [0.2, 0.25) is 0 Å². The van der Waals surface area contributed by atoms with E-state index < -0.39 is 0 Å². The summed E-state index contributed by atoms with van der Waals surface area (Å²) >= 11 is 5.95. The van der Waals surface area contributed by atoms with Gasteiger partial charge in [-0.25, -0.2) is 0 Å². The summed E-state index contributed by atoms with van der Waals surface area (Å²) in [4.78, 5) is 13.4. The van der Waals surface area contributed by atoms with E-state index in [2.05, 4.69) is 18.1 Å². The number of halogens is 1. The Bertz CT molecular complexity index is 416. The van der Waals surface area contributed by atoms with Gasteiger partial charge < -0.3 is 4.90 Å². The number of aryl methyl sites for hydroxylation is 3. The van der Waals surface area contributed by atoms with Crippen LogP contribution in [0.15, 0.2) is 6.07 Å². The standard InChI is InChI=1S/C12H18ClN3O/c1-9-6-10(2)16(14-9)5-3-4-15-8-11(13)7-12(15)17/h6,11H,3-5,7-8H2,1-2H3. The minimum Gasteiger partial charge on any atom is -0.341 e. The summed E-state index contributed by atoms with van der Waals surface area (Å²) in [5.41, 5.74) is 2.21. The van der Waals surface area contributed by atoms with Gasteiger partial charge in [0.2, 0.25) is 5.91 Å². The molecule has 1 unspecified atom stereocenters. The van der Waals surface area contributed by atoms with E-state index in [9.17, 15) is 4.79 Å². The molecule has 5 heteroatoms. The number of nitrogens with zero attached hydrogens (tertiary/aromatic N) is 3. The number of rotatable bonds is 4. The van der Waals surface area contributed by atoms with Crippen molar-refractivity contribution >= 4 is 17.5 Å². The maximum Gasteiger partial charge on any atom is 0.224 e. The van der Waals surface area contributed by atoms with Crippen molar-refractivity contribution in [3.8, 4) is 0 Å². The van der Waals surface area contributed by atoms with Gasteiger partial charge in [-0.15, -0.1) is 11.6 Å². The molecule has 0 saturated carbocycles. The molecule has 0 aromatic carbocycles. The Kier molecular flexibility index (Phi) is 3.72. The summed E-state index contributed by atoms with van der Waals surface area (Å²) in [7, 11) is 0. The molecule has 94 valence electrons. The Balaban J connectivity index is 1.80. The molecule has 1 atom stereocenters. The fourth-order valence-corrected chi connectivity index (χ4v) is 2.55. The van der Waals surface area contributed by atoms with Gasteiger partial charge >= 0.3 is 0 Å². The quantitative estimate of drug-likeness (QED) is 0.769. The molecule has 1 aromatic rings. The molecule has 1 aromatic heterocycles. The van der Waals surface area contributed by atoms with Crippen LogP contribution in [-0.2, 0) is 11.3 Å². The van der Waals surface area contributed by atoms with Crippen molar-refractivity contribution in [1.82, 2.24) is 14.7 Å². The van der Waals surface area contributed by atoms with Gasteiger partial charge in [0.25, 0.3) is 0 Å². The number of hydrogen-bond acceptors (Lipinski definition) is 2. The minimum absolute atomic E-state index is 0.00353. The molecule has 0 bridgehead atoms. The number of alkyl halides is 1. The van der Waals surface area contributed by atoms with Gasteiger partial charge in [-0.3, -0.25) is 9.48 Å². The summed E-state index contributed by atoms with van der Waals surface area (Å²) in [6, 6.07) is 2.07. The zero-order valence-corrected chi connectivity index (χ0v) is 11.1. The second-order valence-electron chi connectivity index (χ2n) is 4.64. The first-order valence-electron chi connectivity index (χ1n) is 5.99. The SMILES string of the molecule is Cc1cc(C)n(CCCN2CC(Cl)CC2=O)n1. The lowest BCUT2D eigenvalue weighted by Gasteiger charge is -2.15. The van der Waals surface area contributed by atoms with E-state index in [-0.39, 0.29) is 11.3 Å². The van der Waals surface area contributed by atoms with Crippen LogP contribution in [0.25, 0.3) is 0 Å². The van der Waals surface area contributed by atoms with Crippen molar-refractivity contribution < 1.29 is 4.79 Å². The molecule has 1 saturated heterocycles. The van der Waals surface area contributed by atoms with E-state index in [0.29, 0.717) is 13.0 Å². The Morgan fingerprint density at radius 2 is 2.24 bits per heavy atom. The zero-order valence-electron chi connectivity index (χ0n) is 10.3. The van der Waals surface area contributed by atoms with Gasteiger partial charge in [0.1, 0.15) is 0 Å². The number of carbonyl (C=O) groups is 1. The first kappa shape index (κ1) is 12.4. The van der Waals surface area contributed by atoms with E-state index in [1.807, 2.05) is 16.5 Å². The third-order valence-corrected chi connectivity index (χ3v) is 3.36. The van der Waals surface area contributed by atoms with Crippen LogP contribution in [-0.4, -0.2) is 39.1 Å². The van der Waals surface area contributed by atoms with Crippen molar-refractivity contribution in [3.05, 3.63) is 17.5 Å². The van der Waals surface area contributed by atoms with Gasteiger partial charge in [-0.05, 0) is 26.3 Å². The van der Waals surface area contributed by atoms with Crippen LogP contribution in [0.3, 0.4) is 0 Å². The smallest absolute Gasteiger partial charge is 0.224 e. The van der Waals surface area contributed by atoms with E-state index in [1.165, 1.54) is 5.69 Å². The van der Waals surface area contributed by atoms with E-state index in [0.717, 1.165) is 25.2 Å². The molecule has 2 rings (SSSR count). The zero-order chi connectivity index (χ0) is 12.4. The summed E-state index contributed by atoms with van der Waals surface area (Å²) < 4.78 is 1.99. The molecule has 0 spiro atoms. The molecule has 0 radical (unpaired) electrons. The van der Waals surface area contributed by atoms with E-state index in [4.69, 9.17) is 11.6 Å². The Labute approximate surface area is 107 Å². The van der Waals surface area contributed by atoms with Crippen LogP contribution in [0, 0.1) is 13.8 Å². The molecule has 1 aliphatic heterocycles. The Morgan fingerprint density at radius 3 is 2.76 bits per heavy atom. The van der Waals surface area contributed by atoms with Crippen molar-refractivity contribution in [2.75, 3.05) is 13.1 Å². The lowest BCUT2D eigenvalue weighted by atomic mass is 10.3. The molecule has 1 amide bonds. The summed E-state index contributed by atoms with van der Waals surface area (Å²) in [6.07, 6.45) is 1.42. The predicted octanol–water partition coefficient (Wildman–Crippen LogP) is 1.73. The van der Waals surface area contributed by atoms with Crippen molar-refractivity contribution in [2.24, 2.45) is 0 Å². The van der Waals surface area contributed by atoms with Crippen LogP contribution in [0.5, 0.6) is 0 Å². The van der Waals surface area contributed by atoms with Gasteiger partial charge in [0, 0.05) is 31.7 Å². The van der Waals surface area contributed by atoms with Crippen LogP contribution < -0.4 is 0 Å². The fraction of sp³-hybridized carbons (Fsp3) is 0.667. The lowest BCUT2D eigenvalue weighted by molar-refractivity contribution is -0.127. The second-order valence-corrected chi connectivity index (χ2v) is 5.26. The number of likely N-dealkylation sites (tertiary alicyclic amines) is 1. The lowest BCUT2D eigenvalue weighted by Crippen LogP contribution is -2.27. The maximum atomic E-state index is 11.5. The Hall–Kier alpha value is -1.03. The molecule has 2 heterocycles. The molecular formula is C12H18ClN3O. The molecule has 1 fully saturated rings. The first-order valence-corrected chi connectivity index (χ1v) is 6.43. The number of amides is 1. The molecular weight excluding hydrogens is 238 g/mol. The van der Waals surface area contributed by atoms with E-state index in [1.54, 1.807) is 0 Å². The monoisotopic (exact) mass is 255 g/mol. The van der Waals surface area contributed by atoms with E-state index >= 15 is 0 Å². The Morgan fingerprint density at radius 1 is 1.47 bits per heavy atom. The van der Waals surface area contributed by atoms with Gasteiger partial charge in [0.05, 0.1) is 11.1 Å². The number of carbonyl (C=O) groups excluding carboxylic acids is 1. The number of aromatic nitrogens is 2. The average Bonchev–Trinajstić information content (AvgIpc) is 2.71. The van der Waals surface area contributed by atoms with Gasteiger partial charge in [-0.2, -0.15) is 5.10 Å². The highest BCUT2D eigenvalue weighted by molar-refractivity contribution is 6.22. The minimum atomic E-state index is -0.00353. The normalized spacial score (nSPS) is 20.3. The maximum absolute atomic E-state index is 11.5. The summed E-state index contributed by atoms with van der Waals surface area (Å²) in [5.74, 6) is 0.179. The summed E-state index contributed by atoms with van der Waals surface area (Å²) in [5, 5.41) is 4.39. The van der Waals surface area contributed by atoms with Crippen LogP contribution >= 0.6 is 11.6 Å². The van der Waals surface area contributed by atoms with Crippen LogP contribution in [0.4, 0.5) is 0 Å². The largest absolute Gasteiger partial charge is 0.341 e. The highest BCUT2D eigenvalue weighted by Gasteiger charge is 2.27. The van der Waals surface area contributed by atoms with Crippen molar-refractivity contribution in [2.45, 2.75) is 38.6 Å². The molecule has 1 aliphatic rings. The third kappa shape index (κ3) is 3.00. The van der Waals surface area contributed by atoms with Crippen LogP contribution in [0.1, 0.15) is 24.2 Å². The number of hydrogen-bond donors (Lipinski definition) is 0. The first-order chi connectivity index (χ1) is 8.06. The predicted molar refractivity (Wildman–Crippen MR) is 67.2 cm³/mol. The third-order valence-electron chi connectivity index (χ3n) is 3.07. The van der Waals surface area contributed by atoms with Gasteiger partial charge in [0.15, 0.2) is 0 Å². The molecule has 0 aliphatic carbocycles. The molecule has 4 nitrogen and oxygen atoms in total. The average molecular weight is 256 g/mol. The molecule has 0 N–H and O–H groups in total. The summed E-state index contributed by atoms with van der Waals surface area (Å²) in [6.45, 7) is 6.37. The van der Waals surface area contributed by atoms with Gasteiger partial charge in [-0.1, -0.05) is 0 Å². The highest BCUT2D eigenvalue weighted by atomic mass is 35.5. The van der Waals surface area contributed by atoms with Crippen molar-refractivity contribution in [1.29, 1.82) is 0 Å². The van der Waals surface area contributed by atoms with Crippen molar-refractivity contribution in [3.63, 3.8) is 0 Å². The highest BCUT2D eigenvalue weighted by Crippen LogP contribution is 2.16. The fourth-order valence-electron chi connectivity index (χ4n) is 2.25.